The standard InChI is InChI=1S/C12H16N4O2S/c1-19(17,18)12-6-5-10(14-15-13)9-11(12)16-7-3-2-4-8-16/h5-6,9H,2-4,7-8H2,1H3. The van der Waals surface area contributed by atoms with Gasteiger partial charge in [-0.05, 0) is 36.9 Å². The second-order valence-electron chi connectivity index (χ2n) is 4.66. The van der Waals surface area contributed by atoms with Crippen molar-refractivity contribution in [2.24, 2.45) is 5.11 Å². The zero-order chi connectivity index (χ0) is 13.9. The molecule has 0 N–H and O–H groups in total. The van der Waals surface area contributed by atoms with Crippen molar-refractivity contribution in [2.75, 3.05) is 24.2 Å². The molecule has 0 atom stereocenters. The maximum absolute atomic E-state index is 11.8. The van der Waals surface area contributed by atoms with Crippen LogP contribution in [-0.2, 0) is 9.84 Å². The van der Waals surface area contributed by atoms with Crippen molar-refractivity contribution in [2.45, 2.75) is 24.2 Å². The summed E-state index contributed by atoms with van der Waals surface area (Å²) in [4.78, 5) is 5.09. The molecule has 0 amide bonds. The fourth-order valence-electron chi connectivity index (χ4n) is 2.32. The lowest BCUT2D eigenvalue weighted by Gasteiger charge is -2.30. The first kappa shape index (κ1) is 13.7. The second-order valence-corrected chi connectivity index (χ2v) is 6.65. The van der Waals surface area contributed by atoms with Crippen molar-refractivity contribution in [3.8, 4) is 0 Å². The molecule has 1 aromatic carbocycles. The first-order valence-corrected chi connectivity index (χ1v) is 8.05. The number of hydrogen-bond donors (Lipinski definition) is 0. The van der Waals surface area contributed by atoms with Crippen molar-refractivity contribution >= 4 is 21.2 Å². The molecule has 1 fully saturated rings. The smallest absolute Gasteiger partial charge is 0.177 e. The molecule has 2 rings (SSSR count). The number of rotatable bonds is 3. The van der Waals surface area contributed by atoms with Crippen molar-refractivity contribution in [3.63, 3.8) is 0 Å². The van der Waals surface area contributed by atoms with Gasteiger partial charge in [-0.25, -0.2) is 8.42 Å². The molecule has 0 radical (unpaired) electrons. The van der Waals surface area contributed by atoms with Gasteiger partial charge in [0.25, 0.3) is 0 Å². The van der Waals surface area contributed by atoms with Crippen LogP contribution < -0.4 is 4.90 Å². The third kappa shape index (κ3) is 3.19. The first-order chi connectivity index (χ1) is 9.02. The predicted molar refractivity (Wildman–Crippen MR) is 74.4 cm³/mol. The molecule has 0 saturated carbocycles. The Labute approximate surface area is 112 Å². The van der Waals surface area contributed by atoms with E-state index >= 15 is 0 Å². The molecule has 0 spiro atoms. The molecule has 0 aromatic heterocycles. The first-order valence-electron chi connectivity index (χ1n) is 6.16. The summed E-state index contributed by atoms with van der Waals surface area (Å²) in [5.41, 5.74) is 9.56. The van der Waals surface area contributed by atoms with E-state index in [-0.39, 0.29) is 0 Å². The van der Waals surface area contributed by atoms with Gasteiger partial charge in [0.1, 0.15) is 0 Å². The van der Waals surface area contributed by atoms with Crippen molar-refractivity contribution in [3.05, 3.63) is 28.6 Å². The number of azide groups is 1. The summed E-state index contributed by atoms with van der Waals surface area (Å²) >= 11 is 0. The molecule has 1 heterocycles. The lowest BCUT2D eigenvalue weighted by atomic mass is 10.1. The fraction of sp³-hybridized carbons (Fsp3) is 0.500. The lowest BCUT2D eigenvalue weighted by molar-refractivity contribution is 0.572. The Kier molecular flexibility index (Phi) is 3.97. The molecule has 0 bridgehead atoms. The fourth-order valence-corrected chi connectivity index (χ4v) is 3.20. The van der Waals surface area contributed by atoms with Gasteiger partial charge in [-0.15, -0.1) is 0 Å². The summed E-state index contributed by atoms with van der Waals surface area (Å²) in [5, 5.41) is 3.54. The van der Waals surface area contributed by atoms with Crippen molar-refractivity contribution in [1.29, 1.82) is 0 Å². The van der Waals surface area contributed by atoms with E-state index in [4.69, 9.17) is 5.53 Å². The van der Waals surface area contributed by atoms with Crippen molar-refractivity contribution < 1.29 is 8.42 Å². The van der Waals surface area contributed by atoms with Crippen LogP contribution in [-0.4, -0.2) is 27.8 Å². The zero-order valence-electron chi connectivity index (χ0n) is 10.8. The van der Waals surface area contributed by atoms with Crippen LogP contribution in [0.25, 0.3) is 10.4 Å². The Morgan fingerprint density at radius 2 is 1.95 bits per heavy atom. The van der Waals surface area contributed by atoms with Gasteiger partial charge in [0.05, 0.1) is 10.6 Å². The Morgan fingerprint density at radius 3 is 2.53 bits per heavy atom. The Hall–Kier alpha value is -1.72. The van der Waals surface area contributed by atoms with Crippen LogP contribution in [0.15, 0.2) is 28.2 Å². The maximum Gasteiger partial charge on any atom is 0.177 e. The van der Waals surface area contributed by atoms with Crippen LogP contribution in [0.2, 0.25) is 0 Å². The number of piperidine rings is 1. The number of benzene rings is 1. The molecule has 0 aliphatic carbocycles. The largest absolute Gasteiger partial charge is 0.370 e. The maximum atomic E-state index is 11.8. The molecule has 6 nitrogen and oxygen atoms in total. The Morgan fingerprint density at radius 1 is 1.26 bits per heavy atom. The SMILES string of the molecule is CS(=O)(=O)c1ccc(N=[N+]=[N-])cc1N1CCCCC1. The van der Waals surface area contributed by atoms with Gasteiger partial charge in [-0.3, -0.25) is 0 Å². The highest BCUT2D eigenvalue weighted by molar-refractivity contribution is 7.90. The van der Waals surface area contributed by atoms with Gasteiger partial charge in [0.2, 0.25) is 0 Å². The third-order valence-electron chi connectivity index (χ3n) is 3.20. The summed E-state index contributed by atoms with van der Waals surface area (Å²) in [6.07, 6.45) is 4.47. The van der Waals surface area contributed by atoms with Crippen LogP contribution >= 0.6 is 0 Å². The summed E-state index contributed by atoms with van der Waals surface area (Å²) in [5.74, 6) is 0. The zero-order valence-corrected chi connectivity index (χ0v) is 11.6. The summed E-state index contributed by atoms with van der Waals surface area (Å²) in [6, 6.07) is 4.70. The summed E-state index contributed by atoms with van der Waals surface area (Å²) < 4.78 is 23.7. The van der Waals surface area contributed by atoms with E-state index in [0.29, 0.717) is 16.3 Å². The normalized spacial score (nSPS) is 15.9. The van der Waals surface area contributed by atoms with Crippen LogP contribution in [0.4, 0.5) is 11.4 Å². The molecule has 1 aromatic rings. The molecule has 7 heteroatoms. The number of hydrogen-bond acceptors (Lipinski definition) is 4. The molecule has 0 unspecified atom stereocenters. The van der Waals surface area contributed by atoms with Gasteiger partial charge < -0.3 is 4.90 Å². The summed E-state index contributed by atoms with van der Waals surface area (Å²) in [6.45, 7) is 1.67. The summed E-state index contributed by atoms with van der Waals surface area (Å²) in [7, 11) is -3.29. The molecule has 19 heavy (non-hydrogen) atoms. The highest BCUT2D eigenvalue weighted by atomic mass is 32.2. The number of sulfone groups is 1. The van der Waals surface area contributed by atoms with Crippen LogP contribution in [0.3, 0.4) is 0 Å². The minimum absolute atomic E-state index is 0.297. The quantitative estimate of drug-likeness (QED) is 0.484. The van der Waals surface area contributed by atoms with Gasteiger partial charge >= 0.3 is 0 Å². The van der Waals surface area contributed by atoms with Crippen molar-refractivity contribution in [1.82, 2.24) is 0 Å². The Bertz CT molecular complexity index is 615. The topological polar surface area (TPSA) is 86.1 Å². The molecular formula is C12H16N4O2S. The molecular weight excluding hydrogens is 264 g/mol. The molecule has 102 valence electrons. The van der Waals surface area contributed by atoms with Crippen LogP contribution in [0.1, 0.15) is 19.3 Å². The van der Waals surface area contributed by atoms with E-state index in [1.807, 2.05) is 0 Å². The van der Waals surface area contributed by atoms with Gasteiger partial charge in [-0.2, -0.15) is 0 Å². The average Bonchev–Trinajstić information content (AvgIpc) is 2.39. The number of anilines is 1. The van der Waals surface area contributed by atoms with E-state index in [2.05, 4.69) is 14.9 Å². The number of nitrogens with zero attached hydrogens (tertiary/aromatic N) is 4. The minimum Gasteiger partial charge on any atom is -0.370 e. The molecule has 1 saturated heterocycles. The van der Waals surface area contributed by atoms with Crippen LogP contribution in [0.5, 0.6) is 0 Å². The van der Waals surface area contributed by atoms with E-state index in [0.717, 1.165) is 25.9 Å². The molecule has 1 aliphatic rings. The predicted octanol–water partition coefficient (Wildman–Crippen LogP) is 3.02. The lowest BCUT2D eigenvalue weighted by Crippen LogP contribution is -2.30. The third-order valence-corrected chi connectivity index (χ3v) is 4.34. The van der Waals surface area contributed by atoms with E-state index in [1.54, 1.807) is 6.07 Å². The Balaban J connectivity index is 2.52. The van der Waals surface area contributed by atoms with E-state index in [1.165, 1.54) is 24.8 Å². The highest BCUT2D eigenvalue weighted by Gasteiger charge is 2.20. The van der Waals surface area contributed by atoms with Gasteiger partial charge in [-0.1, -0.05) is 11.2 Å². The van der Waals surface area contributed by atoms with Gasteiger partial charge in [0.15, 0.2) is 9.84 Å². The minimum atomic E-state index is -3.29. The molecule has 1 aliphatic heterocycles. The van der Waals surface area contributed by atoms with E-state index < -0.39 is 9.84 Å². The monoisotopic (exact) mass is 280 g/mol. The average molecular weight is 280 g/mol. The van der Waals surface area contributed by atoms with E-state index in [9.17, 15) is 8.42 Å². The van der Waals surface area contributed by atoms with Gasteiger partial charge in [0, 0.05) is 29.9 Å². The second kappa shape index (κ2) is 5.50. The van der Waals surface area contributed by atoms with Crippen LogP contribution in [0, 0.1) is 0 Å². The highest BCUT2D eigenvalue weighted by Crippen LogP contribution is 2.31.